The van der Waals surface area contributed by atoms with Gasteiger partial charge in [-0.15, -0.1) is 0 Å². The van der Waals surface area contributed by atoms with Crippen molar-refractivity contribution in [2.24, 2.45) is 0 Å². The van der Waals surface area contributed by atoms with E-state index in [-0.39, 0.29) is 29.5 Å². The van der Waals surface area contributed by atoms with Gasteiger partial charge in [0.2, 0.25) is 10.0 Å². The zero-order chi connectivity index (χ0) is 31.5. The lowest BCUT2D eigenvalue weighted by Gasteiger charge is -2.19. The van der Waals surface area contributed by atoms with Crippen LogP contribution in [0.5, 0.6) is 11.5 Å². The van der Waals surface area contributed by atoms with Gasteiger partial charge < -0.3 is 19.5 Å². The van der Waals surface area contributed by atoms with Gasteiger partial charge in [0.15, 0.2) is 5.75 Å². The summed E-state index contributed by atoms with van der Waals surface area (Å²) in [7, 11) is -4.15. The first-order chi connectivity index (χ1) is 21.4. The second kappa shape index (κ2) is 19.8. The molecular weight excluding hydrogens is 576 g/mol. The lowest BCUT2D eigenvalue weighted by Crippen LogP contribution is -2.27. The molecule has 0 bridgehead atoms. The van der Waals surface area contributed by atoms with Crippen LogP contribution in [-0.4, -0.2) is 34.3 Å². The molecule has 8 nitrogen and oxygen atoms in total. The minimum Gasteiger partial charge on any atom is -0.457 e. The number of benzene rings is 3. The number of hydrogen-bond donors (Lipinski definition) is 2. The van der Waals surface area contributed by atoms with Crippen LogP contribution in [0.3, 0.4) is 0 Å². The molecule has 0 amide bonds. The molecule has 9 heteroatoms. The molecule has 0 aliphatic rings. The van der Waals surface area contributed by atoms with E-state index in [0.717, 1.165) is 37.7 Å². The minimum absolute atomic E-state index is 0.0629. The Balaban J connectivity index is 1.77. The summed E-state index contributed by atoms with van der Waals surface area (Å²) in [5, 5.41) is 3.27. The van der Waals surface area contributed by atoms with Crippen LogP contribution in [0.1, 0.15) is 94.0 Å². The number of rotatable bonds is 22. The number of anilines is 1. The second-order valence-electron chi connectivity index (χ2n) is 10.8. The first-order valence-electron chi connectivity index (χ1n) is 15.9. The summed E-state index contributed by atoms with van der Waals surface area (Å²) < 4.78 is 47.2. The van der Waals surface area contributed by atoms with E-state index in [9.17, 15) is 13.2 Å². The van der Waals surface area contributed by atoms with Crippen LogP contribution < -0.4 is 14.8 Å². The number of carbonyl (C=O) groups is 1. The number of esters is 1. The van der Waals surface area contributed by atoms with Gasteiger partial charge in [-0.2, -0.15) is 4.72 Å². The van der Waals surface area contributed by atoms with Crippen LogP contribution in [-0.2, 0) is 26.1 Å². The molecule has 0 aromatic heterocycles. The summed E-state index contributed by atoms with van der Waals surface area (Å²) in [5.74, 6) is -0.0728. The fourth-order valence-electron chi connectivity index (χ4n) is 4.58. The summed E-state index contributed by atoms with van der Waals surface area (Å²) in [6, 6.07) is 21.2. The fraction of sp³-hybridized carbons (Fsp3) is 0.457. The Bertz CT molecular complexity index is 1350. The Hall–Kier alpha value is -3.40. The fourth-order valence-corrected chi connectivity index (χ4v) is 5.65. The number of carbonyl (C=O) groups excluding carboxylic acids is 1. The third-order valence-corrected chi connectivity index (χ3v) is 8.48. The van der Waals surface area contributed by atoms with Gasteiger partial charge in [0, 0.05) is 13.2 Å². The molecule has 3 rings (SSSR count). The van der Waals surface area contributed by atoms with E-state index in [1.807, 2.05) is 36.4 Å². The molecule has 240 valence electrons. The number of para-hydroxylation sites is 1. The Morgan fingerprint density at radius 2 is 1.41 bits per heavy atom. The lowest BCUT2D eigenvalue weighted by atomic mass is 10.1. The second-order valence-corrected chi connectivity index (χ2v) is 12.5. The summed E-state index contributed by atoms with van der Waals surface area (Å²) in [4.78, 5) is 13.0. The normalized spacial score (nSPS) is 11.3. The third kappa shape index (κ3) is 12.3. The van der Waals surface area contributed by atoms with Crippen molar-refractivity contribution in [3.05, 3.63) is 83.9 Å². The molecule has 3 aromatic carbocycles. The highest BCUT2D eigenvalue weighted by molar-refractivity contribution is 7.89. The van der Waals surface area contributed by atoms with Crippen molar-refractivity contribution >= 4 is 21.7 Å². The van der Waals surface area contributed by atoms with Crippen LogP contribution in [0.25, 0.3) is 0 Å². The van der Waals surface area contributed by atoms with Crippen molar-refractivity contribution in [3.63, 3.8) is 0 Å². The zero-order valence-corrected chi connectivity index (χ0v) is 27.0. The van der Waals surface area contributed by atoms with Gasteiger partial charge in [-0.1, -0.05) is 114 Å². The predicted molar refractivity (Wildman–Crippen MR) is 176 cm³/mol. The summed E-state index contributed by atoms with van der Waals surface area (Å²) in [5.41, 5.74) is 1.31. The summed E-state index contributed by atoms with van der Waals surface area (Å²) in [6.45, 7) is 5.18. The van der Waals surface area contributed by atoms with Crippen LogP contribution in [0.4, 0.5) is 5.69 Å². The molecule has 0 fully saturated rings. The maximum atomic E-state index is 13.7. The number of unbranched alkanes of at least 4 members (excludes halogenated alkanes) is 8. The molecule has 0 radical (unpaired) electrons. The van der Waals surface area contributed by atoms with Crippen molar-refractivity contribution in [2.45, 2.75) is 89.6 Å². The van der Waals surface area contributed by atoms with Crippen molar-refractivity contribution in [1.29, 1.82) is 0 Å². The minimum atomic E-state index is -4.15. The van der Waals surface area contributed by atoms with Gasteiger partial charge in [0.25, 0.3) is 0 Å². The highest BCUT2D eigenvalue weighted by atomic mass is 32.2. The molecule has 0 unspecified atom stereocenters. The molecular formula is C35H48N2O6S. The van der Waals surface area contributed by atoms with E-state index in [1.54, 1.807) is 30.3 Å². The first kappa shape index (κ1) is 35.1. The van der Waals surface area contributed by atoms with Gasteiger partial charge >= 0.3 is 5.97 Å². The molecule has 0 atom stereocenters. The Morgan fingerprint density at radius 3 is 2.09 bits per heavy atom. The third-order valence-electron chi connectivity index (χ3n) is 7.09. The standard InChI is InChI=1S/C35H48N2O6S/c1-3-5-7-8-9-10-11-18-24-41-28-37-44(39,40)33-26-30(35(38)42-27-29-19-14-12-15-20-29)25-32(36-23-6-4-2)34(33)43-31-21-16-13-17-22-31/h12-17,19-22,25-26,36-37H,3-11,18,23-24,27-28H2,1-2H3. The highest BCUT2D eigenvalue weighted by Crippen LogP contribution is 2.38. The van der Waals surface area contributed by atoms with E-state index >= 15 is 0 Å². The molecule has 0 saturated carbocycles. The predicted octanol–water partition coefficient (Wildman–Crippen LogP) is 8.44. The molecule has 0 heterocycles. The zero-order valence-electron chi connectivity index (χ0n) is 26.2. The Labute approximate surface area is 263 Å². The first-order valence-corrected chi connectivity index (χ1v) is 17.4. The maximum Gasteiger partial charge on any atom is 0.338 e. The topological polar surface area (TPSA) is 103 Å². The van der Waals surface area contributed by atoms with E-state index in [0.29, 0.717) is 24.6 Å². The number of ether oxygens (including phenoxy) is 3. The number of nitrogens with one attached hydrogen (secondary N) is 2. The van der Waals surface area contributed by atoms with E-state index in [2.05, 4.69) is 23.9 Å². The number of sulfonamides is 1. The monoisotopic (exact) mass is 624 g/mol. The van der Waals surface area contributed by atoms with E-state index in [4.69, 9.17) is 14.2 Å². The van der Waals surface area contributed by atoms with Crippen molar-refractivity contribution in [2.75, 3.05) is 25.2 Å². The van der Waals surface area contributed by atoms with Crippen LogP contribution >= 0.6 is 0 Å². The van der Waals surface area contributed by atoms with Crippen LogP contribution in [0.15, 0.2) is 77.7 Å². The molecule has 44 heavy (non-hydrogen) atoms. The van der Waals surface area contributed by atoms with Gasteiger partial charge in [0.05, 0.1) is 11.3 Å². The SMILES string of the molecule is CCCCCCCCCCOCNS(=O)(=O)c1cc(C(=O)OCc2ccccc2)cc(NCCCC)c1Oc1ccccc1. The Kier molecular flexibility index (Phi) is 15.8. The van der Waals surface area contributed by atoms with Crippen molar-refractivity contribution in [1.82, 2.24) is 4.72 Å². The van der Waals surface area contributed by atoms with Gasteiger partial charge in [0.1, 0.15) is 24.0 Å². The Morgan fingerprint density at radius 1 is 0.773 bits per heavy atom. The van der Waals surface area contributed by atoms with Crippen molar-refractivity contribution < 1.29 is 27.4 Å². The molecule has 2 N–H and O–H groups in total. The summed E-state index contributed by atoms with van der Waals surface area (Å²) in [6.07, 6.45) is 11.1. The largest absolute Gasteiger partial charge is 0.457 e. The van der Waals surface area contributed by atoms with Crippen molar-refractivity contribution in [3.8, 4) is 11.5 Å². The van der Waals surface area contributed by atoms with Crippen LogP contribution in [0, 0.1) is 0 Å². The average molecular weight is 625 g/mol. The molecule has 3 aromatic rings. The summed E-state index contributed by atoms with van der Waals surface area (Å²) >= 11 is 0. The maximum absolute atomic E-state index is 13.7. The number of hydrogen-bond acceptors (Lipinski definition) is 7. The quantitative estimate of drug-likeness (QED) is 0.0657. The van der Waals surface area contributed by atoms with Gasteiger partial charge in [-0.3, -0.25) is 0 Å². The van der Waals surface area contributed by atoms with Gasteiger partial charge in [-0.05, 0) is 42.7 Å². The smallest absolute Gasteiger partial charge is 0.338 e. The molecule has 0 aliphatic carbocycles. The highest BCUT2D eigenvalue weighted by Gasteiger charge is 2.26. The average Bonchev–Trinajstić information content (AvgIpc) is 3.04. The van der Waals surface area contributed by atoms with Crippen LogP contribution in [0.2, 0.25) is 0 Å². The van der Waals surface area contributed by atoms with E-state index in [1.165, 1.54) is 38.2 Å². The lowest BCUT2D eigenvalue weighted by molar-refractivity contribution is 0.0472. The molecule has 0 saturated heterocycles. The molecule has 0 spiro atoms. The van der Waals surface area contributed by atoms with Gasteiger partial charge in [-0.25, -0.2) is 13.2 Å². The molecule has 0 aliphatic heterocycles. The van der Waals surface area contributed by atoms with E-state index < -0.39 is 16.0 Å².